The minimum atomic E-state index is -0.0506. The first kappa shape index (κ1) is 21.2. The highest BCUT2D eigenvalue weighted by atomic mass is 16.2. The van der Waals surface area contributed by atoms with Crippen molar-refractivity contribution in [2.45, 2.75) is 57.8 Å². The van der Waals surface area contributed by atoms with Crippen molar-refractivity contribution in [3.05, 3.63) is 0 Å². The molecule has 4 aliphatic carbocycles. The maximum atomic E-state index is 13.5. The van der Waals surface area contributed by atoms with Crippen LogP contribution in [0.1, 0.15) is 57.8 Å². The van der Waals surface area contributed by atoms with Crippen LogP contribution >= 0.6 is 0 Å². The Balaban J connectivity index is 1.02. The number of hydrogen-bond acceptors (Lipinski definition) is 4. The monoisotopic (exact) mass is 430 g/mol. The molecule has 0 unspecified atom stereocenters. The van der Waals surface area contributed by atoms with Crippen LogP contribution in [0.5, 0.6) is 0 Å². The number of rotatable bonds is 7. The molecule has 0 aromatic heterocycles. The molecule has 7 heteroatoms. The zero-order chi connectivity index (χ0) is 21.4. The molecule has 0 aromatic rings. The second-order valence-electron chi connectivity index (χ2n) is 11.0. The van der Waals surface area contributed by atoms with Crippen LogP contribution in [0, 0.1) is 23.2 Å². The van der Waals surface area contributed by atoms with E-state index in [2.05, 4.69) is 15.1 Å². The van der Waals surface area contributed by atoms with E-state index in [4.69, 9.17) is 0 Å². The lowest BCUT2D eigenvalue weighted by Crippen LogP contribution is -2.58. The fourth-order valence-corrected chi connectivity index (χ4v) is 7.51. The summed E-state index contributed by atoms with van der Waals surface area (Å²) in [6.07, 6.45) is 9.92. The fourth-order valence-electron chi connectivity index (χ4n) is 7.51. The SMILES string of the molecule is O=C(CN1CCN(C(=O)C23CC4CC(CC(C4)C2)C3)CC1)NCCCN1CCCC1=O. The zero-order valence-corrected chi connectivity index (χ0v) is 18.8. The molecule has 2 aliphatic heterocycles. The van der Waals surface area contributed by atoms with Crippen molar-refractivity contribution < 1.29 is 14.4 Å². The van der Waals surface area contributed by atoms with Gasteiger partial charge in [-0.25, -0.2) is 0 Å². The molecule has 2 heterocycles. The van der Waals surface area contributed by atoms with Crippen molar-refractivity contribution in [2.75, 3.05) is 52.4 Å². The number of amides is 3. The third-order valence-electron chi connectivity index (χ3n) is 8.62. The predicted molar refractivity (Wildman–Crippen MR) is 117 cm³/mol. The van der Waals surface area contributed by atoms with Crippen molar-refractivity contribution in [3.8, 4) is 0 Å². The first-order valence-corrected chi connectivity index (χ1v) is 12.6. The maximum absolute atomic E-state index is 13.5. The average Bonchev–Trinajstić information content (AvgIpc) is 3.15. The van der Waals surface area contributed by atoms with Gasteiger partial charge in [-0.3, -0.25) is 19.3 Å². The van der Waals surface area contributed by atoms with Gasteiger partial charge in [0.25, 0.3) is 0 Å². The molecule has 6 rings (SSSR count). The summed E-state index contributed by atoms with van der Waals surface area (Å²) in [6, 6.07) is 0. The van der Waals surface area contributed by atoms with Crippen molar-refractivity contribution in [1.82, 2.24) is 20.0 Å². The average molecular weight is 431 g/mol. The van der Waals surface area contributed by atoms with Gasteiger partial charge < -0.3 is 15.1 Å². The summed E-state index contributed by atoms with van der Waals surface area (Å²) in [5.41, 5.74) is -0.0506. The van der Waals surface area contributed by atoms with Crippen molar-refractivity contribution in [3.63, 3.8) is 0 Å². The molecular weight excluding hydrogens is 392 g/mol. The van der Waals surface area contributed by atoms with E-state index in [0.717, 1.165) is 89.1 Å². The van der Waals surface area contributed by atoms with Gasteiger partial charge in [0.1, 0.15) is 0 Å². The van der Waals surface area contributed by atoms with E-state index in [9.17, 15) is 14.4 Å². The molecule has 4 bridgehead atoms. The molecule has 0 radical (unpaired) electrons. The molecule has 172 valence electrons. The highest BCUT2D eigenvalue weighted by molar-refractivity contribution is 5.83. The molecular formula is C24H38N4O3. The van der Waals surface area contributed by atoms with Gasteiger partial charge in [0.2, 0.25) is 17.7 Å². The second-order valence-corrected chi connectivity index (χ2v) is 11.0. The standard InChI is InChI=1S/C24H38N4O3/c29-21(25-4-2-6-27-5-1-3-22(27)30)17-26-7-9-28(10-8-26)23(31)24-14-18-11-19(15-24)13-20(12-18)16-24/h18-20H,1-17H2,(H,25,29). The van der Waals surface area contributed by atoms with Crippen molar-refractivity contribution in [2.24, 2.45) is 23.2 Å². The van der Waals surface area contributed by atoms with Crippen LogP contribution in [0.2, 0.25) is 0 Å². The number of likely N-dealkylation sites (tertiary alicyclic amines) is 1. The molecule has 4 saturated carbocycles. The van der Waals surface area contributed by atoms with Crippen LogP contribution in [0.3, 0.4) is 0 Å². The maximum Gasteiger partial charge on any atom is 0.234 e. The Kier molecular flexibility index (Phi) is 5.97. The van der Waals surface area contributed by atoms with E-state index in [0.29, 0.717) is 25.4 Å². The van der Waals surface area contributed by atoms with Gasteiger partial charge >= 0.3 is 0 Å². The first-order valence-electron chi connectivity index (χ1n) is 12.6. The Labute approximate surface area is 185 Å². The lowest BCUT2D eigenvalue weighted by Gasteiger charge is -2.57. The molecule has 6 fully saturated rings. The van der Waals surface area contributed by atoms with E-state index in [-0.39, 0.29) is 17.2 Å². The van der Waals surface area contributed by atoms with Gasteiger partial charge in [-0.1, -0.05) is 0 Å². The Bertz CT molecular complexity index is 680. The Hall–Kier alpha value is -1.63. The lowest BCUT2D eigenvalue weighted by atomic mass is 9.49. The minimum Gasteiger partial charge on any atom is -0.355 e. The number of carbonyl (C=O) groups is 3. The summed E-state index contributed by atoms with van der Waals surface area (Å²) in [5, 5.41) is 2.99. The van der Waals surface area contributed by atoms with Crippen LogP contribution in [-0.4, -0.2) is 84.8 Å². The molecule has 1 N–H and O–H groups in total. The Morgan fingerprint density at radius 2 is 1.58 bits per heavy atom. The third kappa shape index (κ3) is 4.48. The molecule has 0 spiro atoms. The summed E-state index contributed by atoms with van der Waals surface area (Å²) in [5.74, 6) is 3.10. The van der Waals surface area contributed by atoms with Gasteiger partial charge in [0.05, 0.1) is 12.0 Å². The summed E-state index contributed by atoms with van der Waals surface area (Å²) in [7, 11) is 0. The van der Waals surface area contributed by atoms with Gasteiger partial charge in [-0.15, -0.1) is 0 Å². The summed E-state index contributed by atoms with van der Waals surface area (Å²) >= 11 is 0. The Morgan fingerprint density at radius 3 is 2.16 bits per heavy atom. The molecule has 6 aliphatic rings. The third-order valence-corrected chi connectivity index (χ3v) is 8.62. The lowest BCUT2D eigenvalue weighted by molar-refractivity contribution is -0.159. The molecule has 31 heavy (non-hydrogen) atoms. The topological polar surface area (TPSA) is 73.0 Å². The minimum absolute atomic E-state index is 0.0496. The second kappa shape index (κ2) is 8.72. The number of carbonyl (C=O) groups excluding carboxylic acids is 3. The number of nitrogens with one attached hydrogen (secondary N) is 1. The number of hydrogen-bond donors (Lipinski definition) is 1. The van der Waals surface area contributed by atoms with Crippen LogP contribution in [0.25, 0.3) is 0 Å². The van der Waals surface area contributed by atoms with Crippen LogP contribution in [-0.2, 0) is 14.4 Å². The van der Waals surface area contributed by atoms with Crippen molar-refractivity contribution in [1.29, 1.82) is 0 Å². The van der Waals surface area contributed by atoms with Gasteiger partial charge in [-0.05, 0) is 69.1 Å². The van der Waals surface area contributed by atoms with Crippen LogP contribution < -0.4 is 5.32 Å². The summed E-state index contributed by atoms with van der Waals surface area (Å²) in [6.45, 7) is 5.70. The van der Waals surface area contributed by atoms with Gasteiger partial charge in [0, 0.05) is 52.2 Å². The van der Waals surface area contributed by atoms with Crippen LogP contribution in [0.15, 0.2) is 0 Å². The van der Waals surface area contributed by atoms with E-state index in [1.54, 1.807) is 0 Å². The molecule has 7 nitrogen and oxygen atoms in total. The van der Waals surface area contributed by atoms with E-state index >= 15 is 0 Å². The highest BCUT2D eigenvalue weighted by Crippen LogP contribution is 2.60. The molecule has 0 atom stereocenters. The van der Waals surface area contributed by atoms with Crippen molar-refractivity contribution >= 4 is 17.7 Å². The molecule has 0 aromatic carbocycles. The molecule has 2 saturated heterocycles. The number of piperazine rings is 1. The fraction of sp³-hybridized carbons (Fsp3) is 0.875. The number of nitrogens with zero attached hydrogens (tertiary/aromatic N) is 3. The van der Waals surface area contributed by atoms with Gasteiger partial charge in [-0.2, -0.15) is 0 Å². The molecule has 3 amide bonds. The quantitative estimate of drug-likeness (QED) is 0.621. The Morgan fingerprint density at radius 1 is 0.935 bits per heavy atom. The smallest absolute Gasteiger partial charge is 0.234 e. The van der Waals surface area contributed by atoms with E-state index < -0.39 is 0 Å². The van der Waals surface area contributed by atoms with E-state index in [1.165, 1.54) is 19.3 Å². The highest BCUT2D eigenvalue weighted by Gasteiger charge is 2.55. The van der Waals surface area contributed by atoms with Crippen LogP contribution in [0.4, 0.5) is 0 Å². The normalized spacial score (nSPS) is 35.1. The first-order chi connectivity index (χ1) is 15.0. The largest absolute Gasteiger partial charge is 0.355 e. The zero-order valence-electron chi connectivity index (χ0n) is 18.8. The van der Waals surface area contributed by atoms with E-state index in [1.807, 2.05) is 4.90 Å². The summed E-state index contributed by atoms with van der Waals surface area (Å²) in [4.78, 5) is 43.6. The predicted octanol–water partition coefficient (Wildman–Crippen LogP) is 1.48. The summed E-state index contributed by atoms with van der Waals surface area (Å²) < 4.78 is 0. The van der Waals surface area contributed by atoms with Gasteiger partial charge in [0.15, 0.2) is 0 Å².